The molecule has 160 valence electrons. The van der Waals surface area contributed by atoms with E-state index in [9.17, 15) is 9.59 Å². The standard InChI is InChI=1S/C22H22N4O3S2/c1-4-14-6-8-15(9-7-14)17-11-26-16(12-30-22(26)24-17)10-18(27)25-21-23-13(3)19(31-21)20(28)29-5-2/h6-9,11-12H,4-5,10H2,1-3H3,(H,23,25,27). The molecule has 0 aliphatic rings. The third-order valence-corrected chi connectivity index (χ3v) is 6.73. The molecule has 4 aromatic rings. The van der Waals surface area contributed by atoms with Crippen molar-refractivity contribution in [3.05, 3.63) is 57.7 Å². The van der Waals surface area contributed by atoms with Gasteiger partial charge in [-0.1, -0.05) is 42.5 Å². The monoisotopic (exact) mass is 454 g/mol. The number of nitrogens with zero attached hydrogens (tertiary/aromatic N) is 3. The molecule has 1 N–H and O–H groups in total. The number of aromatic nitrogens is 3. The lowest BCUT2D eigenvalue weighted by Gasteiger charge is -2.01. The Kier molecular flexibility index (Phi) is 6.15. The van der Waals surface area contributed by atoms with Gasteiger partial charge in [-0.3, -0.25) is 9.20 Å². The Hall–Kier alpha value is -3.04. The van der Waals surface area contributed by atoms with Gasteiger partial charge in [0.15, 0.2) is 10.1 Å². The zero-order valence-corrected chi connectivity index (χ0v) is 19.1. The number of ether oxygens (including phenoxy) is 1. The number of hydrogen-bond acceptors (Lipinski definition) is 7. The number of esters is 1. The second kappa shape index (κ2) is 8.99. The van der Waals surface area contributed by atoms with Gasteiger partial charge in [-0.25, -0.2) is 14.8 Å². The van der Waals surface area contributed by atoms with E-state index < -0.39 is 5.97 Å². The summed E-state index contributed by atoms with van der Waals surface area (Å²) in [6, 6.07) is 8.36. The Labute approximate surface area is 187 Å². The van der Waals surface area contributed by atoms with Crippen LogP contribution in [0.5, 0.6) is 0 Å². The number of aryl methyl sites for hydroxylation is 2. The van der Waals surface area contributed by atoms with E-state index in [1.54, 1.807) is 13.8 Å². The third-order valence-electron chi connectivity index (χ3n) is 4.79. The predicted octanol–water partition coefficient (Wildman–Crippen LogP) is 4.75. The number of carbonyl (C=O) groups excluding carboxylic acids is 2. The lowest BCUT2D eigenvalue weighted by Crippen LogP contribution is -2.15. The first-order chi connectivity index (χ1) is 15.0. The molecule has 31 heavy (non-hydrogen) atoms. The average Bonchev–Trinajstić information content (AvgIpc) is 3.44. The molecular formula is C22H22N4O3S2. The predicted molar refractivity (Wildman–Crippen MR) is 123 cm³/mol. The summed E-state index contributed by atoms with van der Waals surface area (Å²) in [4.78, 5) is 34.8. The number of fused-ring (bicyclic) bond motifs is 1. The first kappa shape index (κ1) is 21.2. The van der Waals surface area contributed by atoms with Gasteiger partial charge in [0.1, 0.15) is 4.88 Å². The SMILES string of the molecule is CCOC(=O)c1sc(NC(=O)Cc2csc3nc(-c4ccc(CC)cc4)cn23)nc1C. The quantitative estimate of drug-likeness (QED) is 0.407. The zero-order valence-electron chi connectivity index (χ0n) is 17.5. The lowest BCUT2D eigenvalue weighted by atomic mass is 10.1. The number of amides is 1. The van der Waals surface area contributed by atoms with E-state index in [1.807, 2.05) is 16.0 Å². The summed E-state index contributed by atoms with van der Waals surface area (Å²) in [6.45, 7) is 5.90. The molecule has 0 atom stereocenters. The molecule has 1 aromatic carbocycles. The molecule has 1 amide bonds. The van der Waals surface area contributed by atoms with Gasteiger partial charge in [0, 0.05) is 22.8 Å². The Morgan fingerprint density at radius 3 is 2.65 bits per heavy atom. The summed E-state index contributed by atoms with van der Waals surface area (Å²) < 4.78 is 6.97. The molecule has 0 fully saturated rings. The zero-order chi connectivity index (χ0) is 22.0. The van der Waals surface area contributed by atoms with Crippen molar-refractivity contribution in [3.63, 3.8) is 0 Å². The van der Waals surface area contributed by atoms with Crippen LogP contribution in [-0.2, 0) is 22.4 Å². The van der Waals surface area contributed by atoms with Crippen molar-refractivity contribution in [2.75, 3.05) is 11.9 Å². The fourth-order valence-electron chi connectivity index (χ4n) is 3.17. The van der Waals surface area contributed by atoms with Crippen LogP contribution in [0, 0.1) is 6.92 Å². The van der Waals surface area contributed by atoms with E-state index in [0.717, 1.165) is 39.7 Å². The van der Waals surface area contributed by atoms with E-state index in [-0.39, 0.29) is 12.3 Å². The normalized spacial score (nSPS) is 11.1. The van der Waals surface area contributed by atoms with Crippen molar-refractivity contribution in [1.82, 2.24) is 14.4 Å². The minimum Gasteiger partial charge on any atom is -0.462 e. The fourth-order valence-corrected chi connectivity index (χ4v) is 4.92. The van der Waals surface area contributed by atoms with Crippen LogP contribution < -0.4 is 5.32 Å². The molecule has 0 spiro atoms. The van der Waals surface area contributed by atoms with Gasteiger partial charge in [-0.15, -0.1) is 11.3 Å². The van der Waals surface area contributed by atoms with E-state index in [0.29, 0.717) is 22.3 Å². The molecule has 7 nitrogen and oxygen atoms in total. The highest BCUT2D eigenvalue weighted by molar-refractivity contribution is 7.17. The fraction of sp³-hybridized carbons (Fsp3) is 0.273. The summed E-state index contributed by atoms with van der Waals surface area (Å²) in [7, 11) is 0. The molecular weight excluding hydrogens is 432 g/mol. The number of thiazole rings is 2. The maximum atomic E-state index is 12.6. The van der Waals surface area contributed by atoms with Gasteiger partial charge >= 0.3 is 5.97 Å². The number of benzene rings is 1. The highest BCUT2D eigenvalue weighted by Crippen LogP contribution is 2.26. The van der Waals surface area contributed by atoms with Gasteiger partial charge in [0.2, 0.25) is 5.91 Å². The number of hydrogen-bond donors (Lipinski definition) is 1. The molecule has 0 bridgehead atoms. The number of imidazole rings is 1. The number of anilines is 1. The summed E-state index contributed by atoms with van der Waals surface area (Å²) in [5, 5.41) is 5.11. The van der Waals surface area contributed by atoms with Crippen molar-refractivity contribution in [1.29, 1.82) is 0 Å². The van der Waals surface area contributed by atoms with Crippen molar-refractivity contribution < 1.29 is 14.3 Å². The summed E-state index contributed by atoms with van der Waals surface area (Å²) in [5.74, 6) is -0.623. The second-order valence-corrected chi connectivity index (χ2v) is 8.77. The van der Waals surface area contributed by atoms with Gasteiger partial charge in [-0.05, 0) is 25.8 Å². The van der Waals surface area contributed by atoms with E-state index >= 15 is 0 Å². The highest BCUT2D eigenvalue weighted by atomic mass is 32.1. The summed E-state index contributed by atoms with van der Waals surface area (Å²) >= 11 is 2.62. The first-order valence-corrected chi connectivity index (χ1v) is 11.7. The molecule has 3 aromatic heterocycles. The van der Waals surface area contributed by atoms with Gasteiger partial charge in [0.25, 0.3) is 0 Å². The van der Waals surface area contributed by atoms with Crippen LogP contribution in [0.2, 0.25) is 0 Å². The Bertz CT molecular complexity index is 1240. The first-order valence-electron chi connectivity index (χ1n) is 9.97. The summed E-state index contributed by atoms with van der Waals surface area (Å²) in [5.41, 5.74) is 4.61. The van der Waals surface area contributed by atoms with Gasteiger partial charge < -0.3 is 10.1 Å². The Morgan fingerprint density at radius 2 is 1.94 bits per heavy atom. The van der Waals surface area contributed by atoms with Crippen LogP contribution in [-0.4, -0.2) is 32.9 Å². The van der Waals surface area contributed by atoms with Crippen LogP contribution in [0.4, 0.5) is 5.13 Å². The molecule has 0 unspecified atom stereocenters. The highest BCUT2D eigenvalue weighted by Gasteiger charge is 2.18. The minimum absolute atomic E-state index is 0.179. The second-order valence-electron chi connectivity index (χ2n) is 6.94. The topological polar surface area (TPSA) is 85.6 Å². The maximum Gasteiger partial charge on any atom is 0.350 e. The van der Waals surface area contributed by atoms with E-state index in [4.69, 9.17) is 9.72 Å². The smallest absolute Gasteiger partial charge is 0.350 e. The third kappa shape index (κ3) is 4.52. The van der Waals surface area contributed by atoms with Crippen LogP contribution in [0.25, 0.3) is 16.2 Å². The Morgan fingerprint density at radius 1 is 1.16 bits per heavy atom. The van der Waals surface area contributed by atoms with Crippen molar-refractivity contribution >= 4 is 44.6 Å². The van der Waals surface area contributed by atoms with Crippen LogP contribution in [0.3, 0.4) is 0 Å². The molecule has 0 aliphatic carbocycles. The Balaban J connectivity index is 1.48. The van der Waals surface area contributed by atoms with Crippen molar-refractivity contribution in [3.8, 4) is 11.3 Å². The molecule has 4 rings (SSSR count). The number of rotatable bonds is 7. The lowest BCUT2D eigenvalue weighted by molar-refractivity contribution is -0.115. The molecule has 3 heterocycles. The van der Waals surface area contributed by atoms with Gasteiger partial charge in [0.05, 0.1) is 24.4 Å². The molecule has 0 aliphatic heterocycles. The molecule has 0 saturated heterocycles. The van der Waals surface area contributed by atoms with Crippen molar-refractivity contribution in [2.45, 2.75) is 33.6 Å². The summed E-state index contributed by atoms with van der Waals surface area (Å²) in [6.07, 6.45) is 3.14. The maximum absolute atomic E-state index is 12.6. The molecule has 0 radical (unpaired) electrons. The largest absolute Gasteiger partial charge is 0.462 e. The minimum atomic E-state index is -0.421. The van der Waals surface area contributed by atoms with Crippen molar-refractivity contribution in [2.24, 2.45) is 0 Å². The molecule has 0 saturated carbocycles. The van der Waals surface area contributed by atoms with E-state index in [1.165, 1.54) is 16.9 Å². The average molecular weight is 455 g/mol. The van der Waals surface area contributed by atoms with Crippen LogP contribution >= 0.6 is 22.7 Å². The number of nitrogens with one attached hydrogen (secondary N) is 1. The number of carbonyl (C=O) groups is 2. The van der Waals surface area contributed by atoms with Crippen LogP contribution in [0.1, 0.15) is 40.5 Å². The van der Waals surface area contributed by atoms with Gasteiger partial charge in [-0.2, -0.15) is 0 Å². The molecule has 9 heteroatoms. The van der Waals surface area contributed by atoms with Crippen LogP contribution in [0.15, 0.2) is 35.8 Å². The van der Waals surface area contributed by atoms with E-state index in [2.05, 4.69) is 41.5 Å².